The maximum Gasteiger partial charge on any atom is 0.488 e. The summed E-state index contributed by atoms with van der Waals surface area (Å²) < 4.78 is 23.9. The van der Waals surface area contributed by atoms with E-state index in [1.165, 1.54) is 6.07 Å². The quantitative estimate of drug-likeness (QED) is 0.609. The maximum atomic E-state index is 13.2. The Morgan fingerprint density at radius 1 is 0.900 bits per heavy atom. The van der Waals surface area contributed by atoms with E-state index >= 15 is 0 Å². The third kappa shape index (κ3) is 3.98. The topological polar surface area (TPSA) is 58.9 Å². The average molecular weight is 276 g/mol. The van der Waals surface area contributed by atoms with E-state index in [0.29, 0.717) is 11.2 Å². The Kier molecular flexibility index (Phi) is 4.98. The molecule has 20 heavy (non-hydrogen) atoms. The van der Waals surface area contributed by atoms with Crippen molar-refractivity contribution < 1.29 is 23.9 Å². The number of rotatable bonds is 6. The molecule has 0 saturated carbocycles. The van der Waals surface area contributed by atoms with E-state index in [1.807, 2.05) is 0 Å². The van der Waals surface area contributed by atoms with Crippen LogP contribution in [-0.4, -0.2) is 30.4 Å². The van der Waals surface area contributed by atoms with E-state index in [0.717, 1.165) is 0 Å². The highest BCUT2D eigenvalue weighted by molar-refractivity contribution is 6.58. The van der Waals surface area contributed by atoms with E-state index in [-0.39, 0.29) is 19.0 Å². The Morgan fingerprint density at radius 2 is 1.55 bits per heavy atom. The SMILES string of the molecule is OB(O)c1ccc(OCCOc2ccccc2F)cc1. The minimum atomic E-state index is -1.49. The Bertz CT molecular complexity index is 545. The molecule has 104 valence electrons. The third-order valence-electron chi connectivity index (χ3n) is 2.62. The van der Waals surface area contributed by atoms with E-state index < -0.39 is 12.9 Å². The van der Waals surface area contributed by atoms with E-state index in [9.17, 15) is 4.39 Å². The summed E-state index contributed by atoms with van der Waals surface area (Å²) in [7, 11) is -1.49. The van der Waals surface area contributed by atoms with Gasteiger partial charge in [0.25, 0.3) is 0 Å². The number of hydrogen-bond donors (Lipinski definition) is 2. The first-order valence-corrected chi connectivity index (χ1v) is 6.13. The highest BCUT2D eigenvalue weighted by Gasteiger charge is 2.09. The number of benzene rings is 2. The summed E-state index contributed by atoms with van der Waals surface area (Å²) in [5.74, 6) is 0.357. The smallest absolute Gasteiger partial charge is 0.488 e. The second-order valence-electron chi connectivity index (χ2n) is 4.07. The molecule has 0 bridgehead atoms. The normalized spacial score (nSPS) is 10.2. The van der Waals surface area contributed by atoms with Crippen LogP contribution in [0.1, 0.15) is 0 Å². The van der Waals surface area contributed by atoms with Gasteiger partial charge in [-0.05, 0) is 29.7 Å². The van der Waals surface area contributed by atoms with Crippen LogP contribution in [-0.2, 0) is 0 Å². The van der Waals surface area contributed by atoms with Gasteiger partial charge >= 0.3 is 7.12 Å². The first kappa shape index (κ1) is 14.4. The zero-order valence-corrected chi connectivity index (χ0v) is 10.7. The molecule has 2 rings (SSSR count). The second-order valence-corrected chi connectivity index (χ2v) is 4.07. The number of ether oxygens (including phenoxy) is 2. The van der Waals surface area contributed by atoms with Gasteiger partial charge in [-0.1, -0.05) is 24.3 Å². The van der Waals surface area contributed by atoms with Gasteiger partial charge in [0.15, 0.2) is 11.6 Å². The molecule has 0 aliphatic carbocycles. The van der Waals surface area contributed by atoms with Crippen LogP contribution in [0.5, 0.6) is 11.5 Å². The van der Waals surface area contributed by atoms with Crippen LogP contribution in [0.2, 0.25) is 0 Å². The molecule has 0 aliphatic heterocycles. The molecule has 6 heteroatoms. The molecule has 0 saturated heterocycles. The van der Waals surface area contributed by atoms with Gasteiger partial charge in [0.05, 0.1) is 0 Å². The summed E-state index contributed by atoms with van der Waals surface area (Å²) in [6, 6.07) is 12.5. The minimum absolute atomic E-state index is 0.190. The van der Waals surface area contributed by atoms with Gasteiger partial charge in [0.1, 0.15) is 19.0 Å². The fourth-order valence-corrected chi connectivity index (χ4v) is 1.61. The second kappa shape index (κ2) is 6.93. The molecule has 4 nitrogen and oxygen atoms in total. The van der Waals surface area contributed by atoms with Crippen molar-refractivity contribution in [3.05, 3.63) is 54.3 Å². The monoisotopic (exact) mass is 276 g/mol. The van der Waals surface area contributed by atoms with Crippen molar-refractivity contribution in [2.24, 2.45) is 0 Å². The minimum Gasteiger partial charge on any atom is -0.490 e. The highest BCUT2D eigenvalue weighted by atomic mass is 19.1. The average Bonchev–Trinajstić information content (AvgIpc) is 2.46. The fourth-order valence-electron chi connectivity index (χ4n) is 1.61. The van der Waals surface area contributed by atoms with Gasteiger partial charge in [-0.25, -0.2) is 4.39 Å². The van der Waals surface area contributed by atoms with Crippen LogP contribution in [0.25, 0.3) is 0 Å². The zero-order chi connectivity index (χ0) is 14.4. The first-order valence-electron chi connectivity index (χ1n) is 6.13. The van der Waals surface area contributed by atoms with Crippen molar-refractivity contribution in [3.8, 4) is 11.5 Å². The first-order chi connectivity index (χ1) is 9.66. The number of hydrogen-bond acceptors (Lipinski definition) is 4. The van der Waals surface area contributed by atoms with Gasteiger partial charge in [-0.2, -0.15) is 0 Å². The summed E-state index contributed by atoms with van der Waals surface area (Å²) in [5.41, 5.74) is 0.389. The van der Waals surface area contributed by atoms with Crippen LogP contribution in [0.4, 0.5) is 4.39 Å². The predicted octanol–water partition coefficient (Wildman–Crippen LogP) is 0.963. The van der Waals surface area contributed by atoms with Crippen LogP contribution in [0, 0.1) is 5.82 Å². The zero-order valence-electron chi connectivity index (χ0n) is 10.7. The van der Waals surface area contributed by atoms with Gasteiger partial charge < -0.3 is 19.5 Å². The molecule has 0 heterocycles. The van der Waals surface area contributed by atoms with Gasteiger partial charge in [-0.3, -0.25) is 0 Å². The fraction of sp³-hybridized carbons (Fsp3) is 0.143. The summed E-state index contributed by atoms with van der Waals surface area (Å²) in [6.07, 6.45) is 0. The van der Waals surface area contributed by atoms with Gasteiger partial charge in [0.2, 0.25) is 0 Å². The predicted molar refractivity (Wildman–Crippen MR) is 73.7 cm³/mol. The lowest BCUT2D eigenvalue weighted by molar-refractivity contribution is 0.211. The molecule has 0 aromatic heterocycles. The molecule has 0 spiro atoms. The van der Waals surface area contributed by atoms with Crippen LogP contribution in [0.3, 0.4) is 0 Å². The summed E-state index contributed by atoms with van der Waals surface area (Å²) >= 11 is 0. The molecule has 0 fully saturated rings. The summed E-state index contributed by atoms with van der Waals surface area (Å²) in [4.78, 5) is 0. The van der Waals surface area contributed by atoms with Crippen LogP contribution >= 0.6 is 0 Å². The standard InChI is InChI=1S/C14H14BFO4/c16-13-3-1-2-4-14(13)20-10-9-19-12-7-5-11(6-8-12)15(17)18/h1-8,17-18H,9-10H2. The summed E-state index contributed by atoms with van der Waals surface area (Å²) in [6.45, 7) is 0.473. The number of halogens is 1. The number of para-hydroxylation sites is 1. The largest absolute Gasteiger partial charge is 0.490 e. The molecular formula is C14H14BFO4. The van der Waals surface area contributed by atoms with Gasteiger partial charge in [-0.15, -0.1) is 0 Å². The van der Waals surface area contributed by atoms with Crippen molar-refractivity contribution in [1.82, 2.24) is 0 Å². The molecule has 2 aromatic rings. The van der Waals surface area contributed by atoms with Crippen LogP contribution in [0.15, 0.2) is 48.5 Å². The Morgan fingerprint density at radius 3 is 2.20 bits per heavy atom. The molecular weight excluding hydrogens is 262 g/mol. The van der Waals surface area contributed by atoms with Crippen molar-refractivity contribution in [2.75, 3.05) is 13.2 Å². The lowest BCUT2D eigenvalue weighted by atomic mass is 9.80. The molecule has 2 aromatic carbocycles. The molecule has 2 N–H and O–H groups in total. The lowest BCUT2D eigenvalue weighted by Crippen LogP contribution is -2.29. The van der Waals surface area contributed by atoms with Crippen molar-refractivity contribution in [3.63, 3.8) is 0 Å². The maximum absolute atomic E-state index is 13.2. The molecule has 0 atom stereocenters. The van der Waals surface area contributed by atoms with E-state index in [2.05, 4.69) is 0 Å². The molecule has 0 unspecified atom stereocenters. The van der Waals surface area contributed by atoms with Gasteiger partial charge in [0, 0.05) is 0 Å². The third-order valence-corrected chi connectivity index (χ3v) is 2.62. The molecule has 0 radical (unpaired) electrons. The van der Waals surface area contributed by atoms with E-state index in [4.69, 9.17) is 19.5 Å². The molecule has 0 aliphatic rings. The van der Waals surface area contributed by atoms with Crippen molar-refractivity contribution in [1.29, 1.82) is 0 Å². The van der Waals surface area contributed by atoms with E-state index in [1.54, 1.807) is 42.5 Å². The van der Waals surface area contributed by atoms with Crippen molar-refractivity contribution in [2.45, 2.75) is 0 Å². The Hall–Kier alpha value is -2.05. The molecule has 0 amide bonds. The Labute approximate surface area is 116 Å². The van der Waals surface area contributed by atoms with Crippen LogP contribution < -0.4 is 14.9 Å². The Balaban J connectivity index is 1.77. The highest BCUT2D eigenvalue weighted by Crippen LogP contribution is 2.15. The lowest BCUT2D eigenvalue weighted by Gasteiger charge is -2.09. The van der Waals surface area contributed by atoms with Crippen molar-refractivity contribution >= 4 is 12.6 Å². The summed E-state index contributed by atoms with van der Waals surface area (Å²) in [5, 5.41) is 17.9.